The first-order valence-corrected chi connectivity index (χ1v) is 8.61. The van der Waals surface area contributed by atoms with Crippen LogP contribution in [0.25, 0.3) is 0 Å². The summed E-state index contributed by atoms with van der Waals surface area (Å²) >= 11 is 0. The Kier molecular flexibility index (Phi) is 5.59. The lowest BCUT2D eigenvalue weighted by Crippen LogP contribution is -2.50. The molecule has 0 bridgehead atoms. The molecule has 0 saturated carbocycles. The van der Waals surface area contributed by atoms with Crippen molar-refractivity contribution in [1.29, 1.82) is 0 Å². The molecule has 1 rings (SSSR count). The number of sulfone groups is 1. The minimum atomic E-state index is -3.11. The maximum atomic E-state index is 11.9. The van der Waals surface area contributed by atoms with Gasteiger partial charge in [-0.15, -0.1) is 0 Å². The molecule has 0 aliphatic heterocycles. The fraction of sp³-hybridized carbons (Fsp3) is 0.600. The normalized spacial score (nSPS) is 14.1. The van der Waals surface area contributed by atoms with Crippen LogP contribution in [-0.4, -0.2) is 39.6 Å². The maximum Gasteiger partial charge on any atom is 0.154 e. The van der Waals surface area contributed by atoms with Gasteiger partial charge in [0.25, 0.3) is 0 Å². The van der Waals surface area contributed by atoms with Crippen LogP contribution in [0.4, 0.5) is 0 Å². The van der Waals surface area contributed by atoms with Crippen LogP contribution in [-0.2, 0) is 16.3 Å². The molecule has 0 heterocycles. The average molecular weight is 299 g/mol. The number of aryl methyl sites for hydroxylation is 1. The lowest BCUT2D eigenvalue weighted by atomic mass is 9.96. The number of rotatable bonds is 7. The minimum Gasteiger partial charge on any atom is -0.497 e. The molecule has 0 fully saturated rings. The zero-order valence-corrected chi connectivity index (χ0v) is 13.8. The van der Waals surface area contributed by atoms with Crippen molar-refractivity contribution in [3.05, 3.63) is 29.8 Å². The van der Waals surface area contributed by atoms with Crippen LogP contribution in [0.15, 0.2) is 24.3 Å². The molecule has 0 radical (unpaired) electrons. The van der Waals surface area contributed by atoms with Gasteiger partial charge in [-0.3, -0.25) is 0 Å². The van der Waals surface area contributed by atoms with E-state index < -0.39 is 14.6 Å². The van der Waals surface area contributed by atoms with Crippen LogP contribution < -0.4 is 10.1 Å². The average Bonchev–Trinajstić information content (AvgIpc) is 2.38. The van der Waals surface area contributed by atoms with Gasteiger partial charge >= 0.3 is 0 Å². The van der Waals surface area contributed by atoms with Crippen LogP contribution in [0.5, 0.6) is 5.75 Å². The zero-order valence-electron chi connectivity index (χ0n) is 12.9. The van der Waals surface area contributed by atoms with E-state index in [2.05, 4.69) is 5.32 Å². The molecule has 114 valence electrons. The van der Waals surface area contributed by atoms with E-state index in [9.17, 15) is 8.42 Å². The molecule has 1 N–H and O–H groups in total. The molecule has 1 aromatic rings. The smallest absolute Gasteiger partial charge is 0.154 e. The first kappa shape index (κ1) is 17.0. The quantitative estimate of drug-likeness (QED) is 0.837. The fourth-order valence-electron chi connectivity index (χ4n) is 2.20. The molecule has 1 aromatic carbocycles. The van der Waals surface area contributed by atoms with Crippen molar-refractivity contribution in [1.82, 2.24) is 5.32 Å². The number of methoxy groups -OCH3 is 1. The van der Waals surface area contributed by atoms with E-state index in [0.29, 0.717) is 0 Å². The van der Waals surface area contributed by atoms with Gasteiger partial charge in [0.05, 0.1) is 11.9 Å². The van der Waals surface area contributed by atoms with Crippen molar-refractivity contribution < 1.29 is 13.2 Å². The van der Waals surface area contributed by atoms with Gasteiger partial charge in [-0.25, -0.2) is 8.42 Å². The summed E-state index contributed by atoms with van der Waals surface area (Å²) in [5.74, 6) is 0.829. The van der Waals surface area contributed by atoms with Crippen molar-refractivity contribution in [3.63, 3.8) is 0 Å². The summed E-state index contributed by atoms with van der Waals surface area (Å²) in [4.78, 5) is 0. The summed E-state index contributed by atoms with van der Waals surface area (Å²) in [7, 11) is 0.339. The molecule has 1 unspecified atom stereocenters. The van der Waals surface area contributed by atoms with E-state index in [1.54, 1.807) is 21.0 Å². The van der Waals surface area contributed by atoms with E-state index in [4.69, 9.17) is 4.74 Å². The van der Waals surface area contributed by atoms with Crippen LogP contribution in [0.3, 0.4) is 0 Å². The van der Waals surface area contributed by atoms with Crippen LogP contribution >= 0.6 is 0 Å². The van der Waals surface area contributed by atoms with Gasteiger partial charge in [0.1, 0.15) is 5.75 Å². The predicted octanol–water partition coefficient (Wildman–Crippen LogP) is 2.04. The molecule has 0 spiro atoms. The van der Waals surface area contributed by atoms with E-state index in [1.807, 2.05) is 31.3 Å². The summed E-state index contributed by atoms with van der Waals surface area (Å²) in [5, 5.41) is 3.14. The molecular formula is C15H25NO3S. The van der Waals surface area contributed by atoms with Crippen LogP contribution in [0.2, 0.25) is 0 Å². The van der Waals surface area contributed by atoms with Gasteiger partial charge in [-0.1, -0.05) is 12.1 Å². The first-order valence-electron chi connectivity index (χ1n) is 6.72. The molecule has 0 aliphatic carbocycles. The van der Waals surface area contributed by atoms with E-state index in [0.717, 1.165) is 18.6 Å². The second-order valence-corrected chi connectivity index (χ2v) is 8.20. The van der Waals surface area contributed by atoms with Gasteiger partial charge in [0.15, 0.2) is 9.84 Å². The van der Waals surface area contributed by atoms with Crippen molar-refractivity contribution in [2.24, 2.45) is 0 Å². The standard InChI is InChI=1S/C15H25NO3S/c1-15(2,20(5,17)18)14(16-3)11-8-12-6-9-13(19-4)10-7-12/h6-7,9-10,14,16H,8,11H2,1-5H3. The lowest BCUT2D eigenvalue weighted by molar-refractivity contribution is 0.409. The lowest BCUT2D eigenvalue weighted by Gasteiger charge is -2.32. The second kappa shape index (κ2) is 6.59. The molecular weight excluding hydrogens is 274 g/mol. The Morgan fingerprint density at radius 2 is 1.80 bits per heavy atom. The van der Waals surface area contributed by atoms with Gasteiger partial charge < -0.3 is 10.1 Å². The van der Waals surface area contributed by atoms with Crippen molar-refractivity contribution >= 4 is 9.84 Å². The molecule has 0 saturated heterocycles. The van der Waals surface area contributed by atoms with Gasteiger partial charge in [0.2, 0.25) is 0 Å². The highest BCUT2D eigenvalue weighted by molar-refractivity contribution is 7.92. The summed E-state index contributed by atoms with van der Waals surface area (Å²) in [6.07, 6.45) is 2.89. The van der Waals surface area contributed by atoms with Gasteiger partial charge in [0, 0.05) is 12.3 Å². The fourth-order valence-corrected chi connectivity index (χ4v) is 2.95. The molecule has 5 heteroatoms. The monoisotopic (exact) mass is 299 g/mol. The van der Waals surface area contributed by atoms with E-state index in [1.165, 1.54) is 11.8 Å². The molecule has 0 aromatic heterocycles. The number of benzene rings is 1. The maximum absolute atomic E-state index is 11.9. The number of hydrogen-bond donors (Lipinski definition) is 1. The summed E-state index contributed by atoms with van der Waals surface area (Å²) in [6.45, 7) is 3.55. The van der Waals surface area contributed by atoms with Gasteiger partial charge in [-0.2, -0.15) is 0 Å². The Balaban J connectivity index is 2.75. The highest BCUT2D eigenvalue weighted by Crippen LogP contribution is 2.24. The third-order valence-electron chi connectivity index (χ3n) is 4.02. The SMILES string of the molecule is CNC(CCc1ccc(OC)cc1)C(C)(C)S(C)(=O)=O. The van der Waals surface area contributed by atoms with Gasteiger partial charge in [-0.05, 0) is 51.4 Å². The highest BCUT2D eigenvalue weighted by Gasteiger charge is 2.37. The minimum absolute atomic E-state index is 0.0837. The predicted molar refractivity (Wildman–Crippen MR) is 83.1 cm³/mol. The Morgan fingerprint density at radius 1 is 1.25 bits per heavy atom. The molecule has 0 amide bonds. The molecule has 4 nitrogen and oxygen atoms in total. The molecule has 20 heavy (non-hydrogen) atoms. The number of hydrogen-bond acceptors (Lipinski definition) is 4. The molecule has 0 aliphatic rings. The third kappa shape index (κ3) is 3.96. The van der Waals surface area contributed by atoms with E-state index >= 15 is 0 Å². The Bertz CT molecular complexity index is 521. The zero-order chi connectivity index (χ0) is 15.4. The number of nitrogens with one attached hydrogen (secondary N) is 1. The Morgan fingerprint density at radius 3 is 2.20 bits per heavy atom. The van der Waals surface area contributed by atoms with Crippen LogP contribution in [0, 0.1) is 0 Å². The Labute approximate surface area is 122 Å². The van der Waals surface area contributed by atoms with Crippen molar-refractivity contribution in [3.8, 4) is 5.75 Å². The topological polar surface area (TPSA) is 55.4 Å². The Hall–Kier alpha value is -1.07. The second-order valence-electron chi connectivity index (χ2n) is 5.60. The highest BCUT2D eigenvalue weighted by atomic mass is 32.2. The molecule has 1 atom stereocenters. The summed E-state index contributed by atoms with van der Waals surface area (Å²) in [6, 6.07) is 7.79. The first-order chi connectivity index (χ1) is 9.22. The largest absolute Gasteiger partial charge is 0.497 e. The summed E-state index contributed by atoms with van der Waals surface area (Å²) in [5.41, 5.74) is 1.18. The van der Waals surface area contributed by atoms with Crippen molar-refractivity contribution in [2.45, 2.75) is 37.5 Å². The third-order valence-corrected chi connectivity index (χ3v) is 6.22. The van der Waals surface area contributed by atoms with Crippen LogP contribution in [0.1, 0.15) is 25.8 Å². The number of ether oxygens (including phenoxy) is 1. The van der Waals surface area contributed by atoms with Crippen molar-refractivity contribution in [2.75, 3.05) is 20.4 Å². The summed E-state index contributed by atoms with van der Waals surface area (Å²) < 4.78 is 28.1. The van der Waals surface area contributed by atoms with E-state index in [-0.39, 0.29) is 6.04 Å².